The van der Waals surface area contributed by atoms with Crippen molar-refractivity contribution in [3.05, 3.63) is 54.1 Å². The van der Waals surface area contributed by atoms with Crippen LogP contribution in [-0.4, -0.2) is 72.4 Å². The highest BCUT2D eigenvalue weighted by atomic mass is 16.5. The van der Waals surface area contributed by atoms with Crippen LogP contribution in [0.2, 0.25) is 0 Å². The minimum Gasteiger partial charge on any atom is -0.457 e. The normalized spacial score (nSPS) is 23.6. The number of aliphatic hydroxyl groups excluding tert-OH is 1. The summed E-state index contributed by atoms with van der Waals surface area (Å²) in [4.78, 5) is 20.4. The number of carbonyl (C=O) groups is 1. The summed E-state index contributed by atoms with van der Waals surface area (Å²) in [6.45, 7) is 5.49. The average molecular weight is 563 g/mol. The van der Waals surface area contributed by atoms with Crippen LogP contribution in [0.4, 0.5) is 5.69 Å². The zero-order valence-electron chi connectivity index (χ0n) is 25.4. The number of hydrogen-bond acceptors (Lipinski definition) is 6. The van der Waals surface area contributed by atoms with Crippen molar-refractivity contribution in [2.75, 3.05) is 38.6 Å². The van der Waals surface area contributed by atoms with Crippen LogP contribution in [0.15, 0.2) is 48.5 Å². The van der Waals surface area contributed by atoms with Gasteiger partial charge in [-0.2, -0.15) is 0 Å². The van der Waals surface area contributed by atoms with E-state index in [1.165, 1.54) is 37.7 Å². The molecular formula is C34H50N4O3. The zero-order valence-corrected chi connectivity index (χ0v) is 25.4. The first kappa shape index (κ1) is 29.9. The van der Waals surface area contributed by atoms with Crippen LogP contribution in [0.3, 0.4) is 0 Å². The molecule has 1 spiro atoms. The molecule has 2 aromatic rings. The van der Waals surface area contributed by atoms with E-state index in [-0.39, 0.29) is 11.9 Å². The van der Waals surface area contributed by atoms with Gasteiger partial charge in [0.15, 0.2) is 0 Å². The largest absolute Gasteiger partial charge is 0.457 e. The standard InChI is InChI=1S/C34H50N4O3/c1-4-5-21-38-32(39)31(24-26-9-7-6-8-10-26)35-33(40)34(38)19-22-37(23-20-34)25-27-11-15-29(16-12-27)41-30-17-13-28(14-18-30)36(2)3/h11-18,26,31,33,35,40H,4-10,19-25H2,1-3H3/t31-,33?/m0/s1. The number of unbranched alkanes of at least 4 members (excludes halogenated alkanes) is 1. The first-order valence-electron chi connectivity index (χ1n) is 15.9. The van der Waals surface area contributed by atoms with Crippen molar-refractivity contribution in [1.82, 2.24) is 15.1 Å². The SMILES string of the molecule is CCCCN1C(=O)[C@H](CC2CCCCC2)NC(O)C12CCN(Cc1ccc(Oc3ccc(N(C)C)cc3)cc1)CC2. The Bertz CT molecular complexity index is 1110. The van der Waals surface area contributed by atoms with Gasteiger partial charge in [-0.25, -0.2) is 0 Å². The molecule has 7 nitrogen and oxygen atoms in total. The third-order valence-electron chi connectivity index (χ3n) is 9.64. The van der Waals surface area contributed by atoms with E-state index in [0.717, 1.165) is 75.5 Å². The van der Waals surface area contributed by atoms with E-state index in [4.69, 9.17) is 4.74 Å². The molecule has 2 atom stereocenters. The lowest BCUT2D eigenvalue weighted by molar-refractivity contribution is -0.168. The highest BCUT2D eigenvalue weighted by molar-refractivity contribution is 5.84. The van der Waals surface area contributed by atoms with Crippen molar-refractivity contribution in [2.45, 2.75) is 95.5 Å². The fraction of sp³-hybridized carbons (Fsp3) is 0.618. The molecule has 0 aromatic heterocycles. The van der Waals surface area contributed by atoms with Gasteiger partial charge in [0, 0.05) is 46.0 Å². The van der Waals surface area contributed by atoms with Gasteiger partial charge in [-0.3, -0.25) is 15.0 Å². The second kappa shape index (κ2) is 13.6. The summed E-state index contributed by atoms with van der Waals surface area (Å²) < 4.78 is 6.05. The van der Waals surface area contributed by atoms with Crippen molar-refractivity contribution >= 4 is 11.6 Å². The number of hydrogen-bond donors (Lipinski definition) is 2. The van der Waals surface area contributed by atoms with E-state index in [1.807, 2.05) is 38.4 Å². The summed E-state index contributed by atoms with van der Waals surface area (Å²) in [5.74, 6) is 2.47. The number of rotatable bonds is 10. The average Bonchev–Trinajstić information content (AvgIpc) is 2.99. The number of piperazine rings is 1. The third-order valence-corrected chi connectivity index (χ3v) is 9.64. The van der Waals surface area contributed by atoms with E-state index in [1.54, 1.807) is 0 Å². The van der Waals surface area contributed by atoms with E-state index in [0.29, 0.717) is 5.92 Å². The molecule has 0 radical (unpaired) electrons. The molecule has 1 amide bonds. The van der Waals surface area contributed by atoms with Gasteiger partial charge in [0.05, 0.1) is 11.6 Å². The lowest BCUT2D eigenvalue weighted by atomic mass is 9.78. The van der Waals surface area contributed by atoms with E-state index in [2.05, 4.69) is 51.2 Å². The quantitative estimate of drug-likeness (QED) is 0.383. The van der Waals surface area contributed by atoms with Crippen molar-refractivity contribution in [3.8, 4) is 11.5 Å². The van der Waals surface area contributed by atoms with E-state index >= 15 is 0 Å². The van der Waals surface area contributed by atoms with Gasteiger partial charge >= 0.3 is 0 Å². The molecule has 41 heavy (non-hydrogen) atoms. The summed E-state index contributed by atoms with van der Waals surface area (Å²) >= 11 is 0. The molecule has 3 aliphatic rings. The molecule has 5 rings (SSSR count). The maximum Gasteiger partial charge on any atom is 0.240 e. The van der Waals surface area contributed by atoms with Gasteiger partial charge < -0.3 is 19.6 Å². The number of nitrogens with zero attached hydrogens (tertiary/aromatic N) is 3. The van der Waals surface area contributed by atoms with Crippen LogP contribution in [0.1, 0.15) is 76.7 Å². The minimum atomic E-state index is -0.670. The molecule has 1 unspecified atom stereocenters. The Morgan fingerprint density at radius 3 is 2.22 bits per heavy atom. The lowest BCUT2D eigenvalue weighted by Crippen LogP contribution is -2.74. The van der Waals surface area contributed by atoms with Crippen molar-refractivity contribution in [3.63, 3.8) is 0 Å². The number of ether oxygens (including phenoxy) is 1. The van der Waals surface area contributed by atoms with Gasteiger partial charge in [0.1, 0.15) is 17.7 Å². The van der Waals surface area contributed by atoms with Crippen LogP contribution in [0.5, 0.6) is 11.5 Å². The Balaban J connectivity index is 1.18. The number of likely N-dealkylation sites (tertiary alicyclic amines) is 1. The Morgan fingerprint density at radius 2 is 1.61 bits per heavy atom. The summed E-state index contributed by atoms with van der Waals surface area (Å²) in [7, 11) is 4.06. The maximum atomic E-state index is 13.8. The summed E-state index contributed by atoms with van der Waals surface area (Å²) in [5, 5.41) is 14.9. The summed E-state index contributed by atoms with van der Waals surface area (Å²) in [5.41, 5.74) is 1.88. The predicted molar refractivity (Wildman–Crippen MR) is 165 cm³/mol. The van der Waals surface area contributed by atoms with Gasteiger partial charge in [-0.15, -0.1) is 0 Å². The van der Waals surface area contributed by atoms with Crippen LogP contribution in [-0.2, 0) is 11.3 Å². The number of aliphatic hydroxyl groups is 1. The van der Waals surface area contributed by atoms with Gasteiger partial charge in [-0.05, 0) is 73.6 Å². The molecule has 1 saturated carbocycles. The van der Waals surface area contributed by atoms with Crippen LogP contribution in [0.25, 0.3) is 0 Å². The van der Waals surface area contributed by atoms with Crippen LogP contribution >= 0.6 is 0 Å². The second-order valence-corrected chi connectivity index (χ2v) is 12.7. The molecular weight excluding hydrogens is 512 g/mol. The number of carbonyl (C=O) groups excluding carboxylic acids is 1. The Kier molecular flexibility index (Phi) is 9.89. The first-order valence-corrected chi connectivity index (χ1v) is 15.9. The van der Waals surface area contributed by atoms with Crippen LogP contribution < -0.4 is 15.0 Å². The summed E-state index contributed by atoms with van der Waals surface area (Å²) in [6.07, 6.45) is 10.1. The monoisotopic (exact) mass is 562 g/mol. The third kappa shape index (κ3) is 7.07. The molecule has 2 N–H and O–H groups in total. The zero-order chi connectivity index (χ0) is 28.8. The topological polar surface area (TPSA) is 68.3 Å². The molecule has 1 aliphatic carbocycles. The number of nitrogens with one attached hydrogen (secondary N) is 1. The van der Waals surface area contributed by atoms with E-state index in [9.17, 15) is 9.90 Å². The fourth-order valence-electron chi connectivity index (χ4n) is 7.06. The second-order valence-electron chi connectivity index (χ2n) is 12.7. The Labute approximate surface area is 246 Å². The predicted octanol–water partition coefficient (Wildman–Crippen LogP) is 5.77. The van der Waals surface area contributed by atoms with Crippen LogP contribution in [0, 0.1) is 5.92 Å². The number of piperidine rings is 1. The van der Waals surface area contributed by atoms with Crippen molar-refractivity contribution in [2.24, 2.45) is 5.92 Å². The molecule has 7 heteroatoms. The maximum absolute atomic E-state index is 13.8. The number of amides is 1. The smallest absolute Gasteiger partial charge is 0.240 e. The lowest BCUT2D eigenvalue weighted by Gasteiger charge is -2.56. The van der Waals surface area contributed by atoms with E-state index < -0.39 is 11.8 Å². The highest BCUT2D eigenvalue weighted by Gasteiger charge is 2.53. The summed E-state index contributed by atoms with van der Waals surface area (Å²) in [6, 6.07) is 16.2. The number of anilines is 1. The first-order chi connectivity index (χ1) is 19.9. The molecule has 2 heterocycles. The molecule has 224 valence electrons. The molecule has 2 aliphatic heterocycles. The molecule has 3 fully saturated rings. The van der Waals surface area contributed by atoms with Gasteiger partial charge in [0.25, 0.3) is 0 Å². The fourth-order valence-corrected chi connectivity index (χ4v) is 7.06. The Hall–Kier alpha value is -2.61. The minimum absolute atomic E-state index is 0.217. The van der Waals surface area contributed by atoms with Gasteiger partial charge in [-0.1, -0.05) is 57.6 Å². The van der Waals surface area contributed by atoms with Gasteiger partial charge in [0.2, 0.25) is 5.91 Å². The van der Waals surface area contributed by atoms with Crippen molar-refractivity contribution in [1.29, 1.82) is 0 Å². The molecule has 2 aromatic carbocycles. The molecule has 0 bridgehead atoms. The highest BCUT2D eigenvalue weighted by Crippen LogP contribution is 2.38. The van der Waals surface area contributed by atoms with Crippen molar-refractivity contribution < 1.29 is 14.6 Å². The Morgan fingerprint density at radius 1 is 0.976 bits per heavy atom. The number of benzene rings is 2. The molecule has 2 saturated heterocycles.